The molecule has 0 heterocycles. The number of anilines is 3. The maximum atomic E-state index is 2.48. The van der Waals surface area contributed by atoms with Gasteiger partial charge in [-0.05, 0) is 131 Å². The monoisotopic (exact) mass is 765 g/mol. The van der Waals surface area contributed by atoms with E-state index in [2.05, 4.69) is 243 Å². The van der Waals surface area contributed by atoms with E-state index in [0.29, 0.717) is 0 Å². The Morgan fingerprint density at radius 3 is 1.50 bits per heavy atom. The van der Waals surface area contributed by atoms with Crippen LogP contribution in [-0.4, -0.2) is 0 Å². The van der Waals surface area contributed by atoms with Crippen LogP contribution < -0.4 is 4.90 Å². The van der Waals surface area contributed by atoms with Gasteiger partial charge in [-0.1, -0.05) is 190 Å². The summed E-state index contributed by atoms with van der Waals surface area (Å²) in [6.07, 6.45) is 0. The van der Waals surface area contributed by atoms with Crippen LogP contribution in [0.3, 0.4) is 0 Å². The van der Waals surface area contributed by atoms with Gasteiger partial charge >= 0.3 is 0 Å². The average Bonchev–Trinajstić information content (AvgIpc) is 3.54. The molecule has 1 aliphatic carbocycles. The zero-order chi connectivity index (χ0) is 40.2. The lowest BCUT2D eigenvalue weighted by Crippen LogP contribution is -2.17. The molecular formula is C59H43N. The maximum absolute atomic E-state index is 2.48. The molecule has 0 fully saturated rings. The highest BCUT2D eigenvalue weighted by Gasteiger charge is 2.36. The largest absolute Gasteiger partial charge is 0.310 e. The van der Waals surface area contributed by atoms with E-state index < -0.39 is 0 Å². The Morgan fingerprint density at radius 1 is 0.283 bits per heavy atom. The van der Waals surface area contributed by atoms with Gasteiger partial charge in [0, 0.05) is 22.4 Å². The van der Waals surface area contributed by atoms with Crippen LogP contribution >= 0.6 is 0 Å². The maximum Gasteiger partial charge on any atom is 0.0546 e. The fourth-order valence-electron chi connectivity index (χ4n) is 9.44. The van der Waals surface area contributed by atoms with Crippen LogP contribution in [0.15, 0.2) is 224 Å². The topological polar surface area (TPSA) is 3.24 Å². The molecule has 0 N–H and O–H groups in total. The Balaban J connectivity index is 1.12. The Bertz CT molecular complexity index is 3230. The summed E-state index contributed by atoms with van der Waals surface area (Å²) in [5.74, 6) is 0. The quantitative estimate of drug-likeness (QED) is 0.156. The van der Waals surface area contributed by atoms with Crippen LogP contribution in [0.1, 0.15) is 25.0 Å². The molecule has 0 saturated heterocycles. The average molecular weight is 766 g/mol. The fraction of sp³-hybridized carbons (Fsp3) is 0.0508. The second-order valence-electron chi connectivity index (χ2n) is 16.6. The molecular weight excluding hydrogens is 723 g/mol. The van der Waals surface area contributed by atoms with E-state index in [1.54, 1.807) is 0 Å². The van der Waals surface area contributed by atoms with Crippen LogP contribution in [0, 0.1) is 0 Å². The van der Waals surface area contributed by atoms with E-state index in [0.717, 1.165) is 17.1 Å². The van der Waals surface area contributed by atoms with Gasteiger partial charge in [0.2, 0.25) is 0 Å². The van der Waals surface area contributed by atoms with E-state index in [1.165, 1.54) is 88.3 Å². The second-order valence-corrected chi connectivity index (χ2v) is 16.6. The zero-order valence-electron chi connectivity index (χ0n) is 33.8. The van der Waals surface area contributed by atoms with Crippen LogP contribution in [0.2, 0.25) is 0 Å². The molecule has 0 amide bonds. The molecule has 0 spiro atoms. The van der Waals surface area contributed by atoms with Gasteiger partial charge in [0.25, 0.3) is 0 Å². The van der Waals surface area contributed by atoms with Crippen LogP contribution in [-0.2, 0) is 5.41 Å². The van der Waals surface area contributed by atoms with E-state index >= 15 is 0 Å². The Hall–Kier alpha value is -7.48. The number of fused-ring (bicyclic) bond motifs is 5. The van der Waals surface area contributed by atoms with E-state index in [1.807, 2.05) is 0 Å². The highest BCUT2D eigenvalue weighted by Crippen LogP contribution is 2.52. The lowest BCUT2D eigenvalue weighted by molar-refractivity contribution is 0.660. The minimum Gasteiger partial charge on any atom is -0.310 e. The molecule has 10 aromatic rings. The molecule has 1 heteroatoms. The predicted molar refractivity (Wildman–Crippen MR) is 255 cm³/mol. The van der Waals surface area contributed by atoms with Gasteiger partial charge in [0.05, 0.1) is 5.69 Å². The molecule has 1 nitrogen and oxygen atoms in total. The molecule has 11 rings (SSSR count). The summed E-state index contributed by atoms with van der Waals surface area (Å²) in [4.78, 5) is 2.48. The lowest BCUT2D eigenvalue weighted by atomic mass is 9.82. The predicted octanol–water partition coefficient (Wildman–Crippen LogP) is 16.4. The molecule has 0 bridgehead atoms. The standard InChI is InChI=1S/C59H43N/c1-59(2)56-22-11-10-21-54(56)55-34-32-52(39-57(55)59)60(51-30-27-43(28-31-51)47-20-12-19-46(35-47)40-13-4-3-5-14-40)58-38-49(48-25-23-41-15-6-8-17-44(41)36-48)29-33-53(58)50-26-24-42-16-7-9-18-45(42)37-50/h3-39H,1-2H3. The van der Waals surface area contributed by atoms with Gasteiger partial charge < -0.3 is 4.90 Å². The first-order valence-corrected chi connectivity index (χ1v) is 20.9. The number of rotatable bonds is 7. The van der Waals surface area contributed by atoms with E-state index in [4.69, 9.17) is 0 Å². The highest BCUT2D eigenvalue weighted by atomic mass is 15.1. The summed E-state index contributed by atoms with van der Waals surface area (Å²) in [6, 6.07) is 82.6. The van der Waals surface area contributed by atoms with Gasteiger partial charge in [-0.25, -0.2) is 0 Å². The third kappa shape index (κ3) is 6.19. The van der Waals surface area contributed by atoms with E-state index in [9.17, 15) is 0 Å². The number of nitrogens with zero attached hydrogens (tertiary/aromatic N) is 1. The molecule has 60 heavy (non-hydrogen) atoms. The van der Waals surface area contributed by atoms with Gasteiger partial charge in [0.1, 0.15) is 0 Å². The van der Waals surface area contributed by atoms with Crippen molar-refractivity contribution in [2.75, 3.05) is 4.90 Å². The number of hydrogen-bond acceptors (Lipinski definition) is 1. The van der Waals surface area contributed by atoms with Gasteiger partial charge in [-0.2, -0.15) is 0 Å². The minimum atomic E-state index is -0.143. The first-order chi connectivity index (χ1) is 29.5. The van der Waals surface area contributed by atoms with Crippen molar-refractivity contribution >= 4 is 38.6 Å². The molecule has 0 aromatic heterocycles. The number of hydrogen-bond donors (Lipinski definition) is 0. The Kier molecular flexibility index (Phi) is 8.57. The summed E-state index contributed by atoms with van der Waals surface area (Å²) in [5.41, 5.74) is 18.1. The van der Waals surface area contributed by atoms with Crippen molar-refractivity contribution in [1.82, 2.24) is 0 Å². The van der Waals surface area contributed by atoms with Gasteiger partial charge in [-0.3, -0.25) is 0 Å². The molecule has 0 aliphatic heterocycles. The van der Waals surface area contributed by atoms with Crippen molar-refractivity contribution in [2.45, 2.75) is 19.3 Å². The molecule has 0 radical (unpaired) electrons. The van der Waals surface area contributed by atoms with Crippen molar-refractivity contribution in [3.63, 3.8) is 0 Å². The molecule has 284 valence electrons. The Morgan fingerprint density at radius 2 is 0.767 bits per heavy atom. The second kappa shape index (κ2) is 14.4. The lowest BCUT2D eigenvalue weighted by Gasteiger charge is -2.30. The fourth-order valence-corrected chi connectivity index (χ4v) is 9.44. The zero-order valence-corrected chi connectivity index (χ0v) is 33.8. The normalized spacial score (nSPS) is 12.6. The summed E-state index contributed by atoms with van der Waals surface area (Å²) in [7, 11) is 0. The number of benzene rings is 10. The third-order valence-electron chi connectivity index (χ3n) is 12.6. The van der Waals surface area contributed by atoms with Crippen LogP contribution in [0.25, 0.3) is 77.2 Å². The van der Waals surface area contributed by atoms with E-state index in [-0.39, 0.29) is 5.41 Å². The summed E-state index contributed by atoms with van der Waals surface area (Å²) >= 11 is 0. The third-order valence-corrected chi connectivity index (χ3v) is 12.6. The molecule has 0 atom stereocenters. The van der Waals surface area contributed by atoms with Gasteiger partial charge in [-0.15, -0.1) is 0 Å². The summed E-state index contributed by atoms with van der Waals surface area (Å²) in [5, 5.41) is 4.94. The molecule has 1 aliphatic rings. The SMILES string of the molecule is CC1(C)c2ccccc2-c2ccc(N(c3ccc(-c4cccc(-c5ccccc5)c4)cc3)c3cc(-c4ccc5ccccc5c4)ccc3-c3ccc4ccccc4c3)cc21. The highest BCUT2D eigenvalue weighted by molar-refractivity contribution is 5.97. The summed E-state index contributed by atoms with van der Waals surface area (Å²) in [6.45, 7) is 4.73. The van der Waals surface area contributed by atoms with Gasteiger partial charge in [0.15, 0.2) is 0 Å². The van der Waals surface area contributed by atoms with Crippen molar-refractivity contribution in [1.29, 1.82) is 0 Å². The van der Waals surface area contributed by atoms with Crippen molar-refractivity contribution in [3.05, 3.63) is 236 Å². The molecule has 10 aromatic carbocycles. The van der Waals surface area contributed by atoms with Crippen molar-refractivity contribution < 1.29 is 0 Å². The molecule has 0 saturated carbocycles. The molecule has 0 unspecified atom stereocenters. The minimum absolute atomic E-state index is 0.143. The Labute approximate surface area is 352 Å². The van der Waals surface area contributed by atoms with Crippen molar-refractivity contribution in [3.8, 4) is 55.6 Å². The van der Waals surface area contributed by atoms with Crippen molar-refractivity contribution in [2.24, 2.45) is 0 Å². The van der Waals surface area contributed by atoms with Crippen LogP contribution in [0.4, 0.5) is 17.1 Å². The summed E-state index contributed by atoms with van der Waals surface area (Å²) < 4.78 is 0. The first kappa shape index (κ1) is 35.7. The smallest absolute Gasteiger partial charge is 0.0546 e. The first-order valence-electron chi connectivity index (χ1n) is 20.9. The van der Waals surface area contributed by atoms with Crippen LogP contribution in [0.5, 0.6) is 0 Å².